The molecule has 1 aliphatic carbocycles. The fourth-order valence-corrected chi connectivity index (χ4v) is 2.00. The molecule has 1 saturated carbocycles. The van der Waals surface area contributed by atoms with Crippen LogP contribution in [0.4, 0.5) is 0 Å². The van der Waals surface area contributed by atoms with E-state index >= 15 is 0 Å². The summed E-state index contributed by atoms with van der Waals surface area (Å²) in [6, 6.07) is 0.487. The number of hydrogen-bond donors (Lipinski definition) is 1. The third-order valence-electron chi connectivity index (χ3n) is 3.09. The summed E-state index contributed by atoms with van der Waals surface area (Å²) < 4.78 is 0. The van der Waals surface area contributed by atoms with E-state index in [4.69, 9.17) is 5.11 Å². The van der Waals surface area contributed by atoms with E-state index in [1.165, 1.54) is 0 Å². The number of aliphatic carboxylic acids is 1. The molecular weight excluding hydrogens is 166 g/mol. The van der Waals surface area contributed by atoms with Crippen molar-refractivity contribution in [2.75, 3.05) is 13.6 Å². The van der Waals surface area contributed by atoms with Crippen LogP contribution < -0.4 is 0 Å². The zero-order valence-electron chi connectivity index (χ0n) is 8.71. The lowest BCUT2D eigenvalue weighted by Gasteiger charge is -2.46. The lowest BCUT2D eigenvalue weighted by molar-refractivity contribution is -0.157. The molecule has 1 rings (SSSR count). The Balaban J connectivity index is 2.36. The Bertz CT molecular complexity index is 197. The molecule has 0 heterocycles. The van der Waals surface area contributed by atoms with Crippen LogP contribution in [0.15, 0.2) is 0 Å². The van der Waals surface area contributed by atoms with E-state index in [1.807, 2.05) is 6.92 Å². The van der Waals surface area contributed by atoms with Crippen molar-refractivity contribution in [2.45, 2.75) is 39.2 Å². The molecule has 0 saturated heterocycles. The first kappa shape index (κ1) is 10.5. The molecule has 0 aromatic carbocycles. The number of rotatable bonds is 4. The molecule has 0 aromatic rings. The van der Waals surface area contributed by atoms with Crippen LogP contribution in [0.2, 0.25) is 0 Å². The number of carbonyl (C=O) groups is 1. The largest absolute Gasteiger partial charge is 0.481 e. The van der Waals surface area contributed by atoms with Gasteiger partial charge in [0.15, 0.2) is 0 Å². The van der Waals surface area contributed by atoms with Crippen LogP contribution in [-0.2, 0) is 4.79 Å². The van der Waals surface area contributed by atoms with Crippen LogP contribution in [0, 0.1) is 5.41 Å². The SMILES string of the molecule is CCCN(C)C1CC(C)(C(=O)O)C1. The molecule has 1 N–H and O–H groups in total. The summed E-state index contributed by atoms with van der Waals surface area (Å²) in [4.78, 5) is 13.1. The van der Waals surface area contributed by atoms with E-state index < -0.39 is 11.4 Å². The van der Waals surface area contributed by atoms with E-state index in [2.05, 4.69) is 18.9 Å². The second-order valence-electron chi connectivity index (χ2n) is 4.41. The minimum absolute atomic E-state index is 0.452. The van der Waals surface area contributed by atoms with E-state index in [0.717, 1.165) is 25.8 Å². The smallest absolute Gasteiger partial charge is 0.309 e. The third-order valence-corrected chi connectivity index (χ3v) is 3.09. The zero-order valence-corrected chi connectivity index (χ0v) is 8.71. The maximum absolute atomic E-state index is 10.8. The van der Waals surface area contributed by atoms with Gasteiger partial charge in [-0.1, -0.05) is 6.92 Å². The van der Waals surface area contributed by atoms with Crippen molar-refractivity contribution in [3.63, 3.8) is 0 Å². The molecule has 0 atom stereocenters. The minimum Gasteiger partial charge on any atom is -0.481 e. The summed E-state index contributed by atoms with van der Waals surface area (Å²) in [5, 5.41) is 8.90. The van der Waals surface area contributed by atoms with Crippen molar-refractivity contribution in [3.8, 4) is 0 Å². The third kappa shape index (κ3) is 2.02. The highest BCUT2D eigenvalue weighted by Gasteiger charge is 2.47. The van der Waals surface area contributed by atoms with E-state index in [0.29, 0.717) is 6.04 Å². The molecular formula is C10H19NO2. The van der Waals surface area contributed by atoms with Crippen molar-refractivity contribution in [3.05, 3.63) is 0 Å². The maximum atomic E-state index is 10.8. The van der Waals surface area contributed by atoms with Crippen molar-refractivity contribution in [1.29, 1.82) is 0 Å². The topological polar surface area (TPSA) is 40.5 Å². The summed E-state index contributed by atoms with van der Waals surface area (Å²) in [7, 11) is 2.08. The van der Waals surface area contributed by atoms with Gasteiger partial charge in [0.1, 0.15) is 0 Å². The Labute approximate surface area is 79.7 Å². The predicted molar refractivity (Wildman–Crippen MR) is 51.7 cm³/mol. The monoisotopic (exact) mass is 185 g/mol. The Morgan fingerprint density at radius 3 is 2.54 bits per heavy atom. The summed E-state index contributed by atoms with van der Waals surface area (Å²) in [5.74, 6) is -0.645. The summed E-state index contributed by atoms with van der Waals surface area (Å²) in [5.41, 5.74) is -0.452. The summed E-state index contributed by atoms with van der Waals surface area (Å²) in [6.45, 7) is 5.05. The van der Waals surface area contributed by atoms with Gasteiger partial charge in [0.2, 0.25) is 0 Å². The molecule has 0 aliphatic heterocycles. The molecule has 0 unspecified atom stereocenters. The van der Waals surface area contributed by atoms with E-state index in [1.54, 1.807) is 0 Å². The molecule has 0 spiro atoms. The minimum atomic E-state index is -0.645. The Morgan fingerprint density at radius 2 is 2.15 bits per heavy atom. The predicted octanol–water partition coefficient (Wildman–Crippen LogP) is 1.58. The quantitative estimate of drug-likeness (QED) is 0.723. The highest BCUT2D eigenvalue weighted by atomic mass is 16.4. The molecule has 0 bridgehead atoms. The first-order chi connectivity index (χ1) is 5.99. The van der Waals surface area contributed by atoms with Gasteiger partial charge in [-0.2, -0.15) is 0 Å². The van der Waals surface area contributed by atoms with Crippen LogP contribution >= 0.6 is 0 Å². The summed E-state index contributed by atoms with van der Waals surface area (Å²) >= 11 is 0. The lowest BCUT2D eigenvalue weighted by atomic mass is 9.66. The van der Waals surface area contributed by atoms with Gasteiger partial charge in [0.25, 0.3) is 0 Å². The molecule has 0 radical (unpaired) electrons. The standard InChI is InChI=1S/C10H19NO2/c1-4-5-11(3)8-6-10(2,7-8)9(12)13/h8H,4-7H2,1-3H3,(H,12,13). The van der Waals surface area contributed by atoms with Gasteiger partial charge >= 0.3 is 5.97 Å². The van der Waals surface area contributed by atoms with Gasteiger partial charge in [-0.25, -0.2) is 0 Å². The Morgan fingerprint density at radius 1 is 1.62 bits per heavy atom. The Hall–Kier alpha value is -0.570. The van der Waals surface area contributed by atoms with Crippen LogP contribution in [0.5, 0.6) is 0 Å². The first-order valence-corrected chi connectivity index (χ1v) is 4.93. The van der Waals surface area contributed by atoms with Gasteiger partial charge in [-0.05, 0) is 39.8 Å². The Kier molecular flexibility index (Phi) is 2.96. The molecule has 13 heavy (non-hydrogen) atoms. The second-order valence-corrected chi connectivity index (χ2v) is 4.41. The fraction of sp³-hybridized carbons (Fsp3) is 0.900. The van der Waals surface area contributed by atoms with E-state index in [9.17, 15) is 4.79 Å². The van der Waals surface area contributed by atoms with Crippen LogP contribution in [0.1, 0.15) is 33.1 Å². The molecule has 0 amide bonds. The number of hydrogen-bond acceptors (Lipinski definition) is 2. The maximum Gasteiger partial charge on any atom is 0.309 e. The number of carboxylic acids is 1. The molecule has 76 valence electrons. The molecule has 1 aliphatic rings. The van der Waals surface area contributed by atoms with Gasteiger partial charge in [-0.15, -0.1) is 0 Å². The van der Waals surface area contributed by atoms with Gasteiger partial charge in [0.05, 0.1) is 5.41 Å². The summed E-state index contributed by atoms with van der Waals surface area (Å²) in [6.07, 6.45) is 2.74. The van der Waals surface area contributed by atoms with Crippen molar-refractivity contribution in [1.82, 2.24) is 4.90 Å². The second kappa shape index (κ2) is 3.66. The number of nitrogens with zero attached hydrogens (tertiary/aromatic N) is 1. The fourth-order valence-electron chi connectivity index (χ4n) is 2.00. The average molecular weight is 185 g/mol. The first-order valence-electron chi connectivity index (χ1n) is 4.93. The van der Waals surface area contributed by atoms with Crippen LogP contribution in [0.3, 0.4) is 0 Å². The van der Waals surface area contributed by atoms with E-state index in [-0.39, 0.29) is 0 Å². The highest BCUT2D eigenvalue weighted by molar-refractivity contribution is 5.75. The van der Waals surface area contributed by atoms with Crippen LogP contribution in [-0.4, -0.2) is 35.6 Å². The van der Waals surface area contributed by atoms with Gasteiger partial charge in [0, 0.05) is 6.04 Å². The highest BCUT2D eigenvalue weighted by Crippen LogP contribution is 2.43. The molecule has 1 fully saturated rings. The van der Waals surface area contributed by atoms with Gasteiger partial charge < -0.3 is 10.0 Å². The molecule has 0 aromatic heterocycles. The molecule has 3 heteroatoms. The average Bonchev–Trinajstić information content (AvgIpc) is 1.98. The van der Waals surface area contributed by atoms with Crippen LogP contribution in [0.25, 0.3) is 0 Å². The number of carboxylic acid groups (broad SMARTS) is 1. The normalized spacial score (nSPS) is 33.1. The molecule has 3 nitrogen and oxygen atoms in total. The van der Waals surface area contributed by atoms with Crippen molar-refractivity contribution >= 4 is 5.97 Å². The van der Waals surface area contributed by atoms with Crippen molar-refractivity contribution in [2.24, 2.45) is 5.41 Å². The van der Waals surface area contributed by atoms with Gasteiger partial charge in [-0.3, -0.25) is 4.79 Å². The lowest BCUT2D eigenvalue weighted by Crippen LogP contribution is -2.52. The van der Waals surface area contributed by atoms with Crippen molar-refractivity contribution < 1.29 is 9.90 Å². The zero-order chi connectivity index (χ0) is 10.1.